The van der Waals surface area contributed by atoms with Gasteiger partial charge >= 0.3 is 0 Å². The van der Waals surface area contributed by atoms with Crippen molar-refractivity contribution >= 4 is 5.82 Å². The minimum absolute atomic E-state index is 0.157. The fourth-order valence-electron chi connectivity index (χ4n) is 2.35. The summed E-state index contributed by atoms with van der Waals surface area (Å²) in [6.45, 7) is 3.69. The van der Waals surface area contributed by atoms with Gasteiger partial charge in [0.05, 0.1) is 17.7 Å². The van der Waals surface area contributed by atoms with Crippen molar-refractivity contribution in [2.24, 2.45) is 0 Å². The van der Waals surface area contributed by atoms with E-state index >= 15 is 0 Å². The van der Waals surface area contributed by atoms with Gasteiger partial charge in [-0.1, -0.05) is 0 Å². The number of nitriles is 1. The van der Waals surface area contributed by atoms with Crippen LogP contribution in [0.2, 0.25) is 0 Å². The van der Waals surface area contributed by atoms with E-state index in [0.717, 1.165) is 51.3 Å². The molecule has 2 N–H and O–H groups in total. The molecule has 2 heterocycles. The number of piperidine rings is 1. The molecule has 1 aliphatic heterocycles. The highest BCUT2D eigenvalue weighted by atomic mass is 16.3. The normalized spacial score (nSPS) is 19.9. The molecule has 19 heavy (non-hydrogen) atoms. The Hall–Kier alpha value is -1.64. The molecular formula is C14H20N4O. The lowest BCUT2D eigenvalue weighted by molar-refractivity contribution is 0.0706. The Balaban J connectivity index is 1.67. The van der Waals surface area contributed by atoms with Crippen LogP contribution < -0.4 is 5.32 Å². The largest absolute Gasteiger partial charge is 0.392 e. The van der Waals surface area contributed by atoms with Crippen molar-refractivity contribution in [2.45, 2.75) is 25.4 Å². The van der Waals surface area contributed by atoms with Gasteiger partial charge in [0.25, 0.3) is 0 Å². The first-order valence-corrected chi connectivity index (χ1v) is 6.78. The standard InChI is InChI=1S/C14H20N4O/c15-10-12-4-6-17-14(9-12)16-5-2-8-18-7-1-3-13(19)11-18/h4,6,9,13,19H,1-3,5,7-8,11H2,(H,16,17). The molecule has 1 fully saturated rings. The number of rotatable bonds is 5. The maximum absolute atomic E-state index is 9.57. The lowest BCUT2D eigenvalue weighted by Gasteiger charge is -2.29. The monoisotopic (exact) mass is 260 g/mol. The Bertz CT molecular complexity index is 443. The molecule has 1 aromatic rings. The zero-order chi connectivity index (χ0) is 13.5. The quantitative estimate of drug-likeness (QED) is 0.779. The minimum Gasteiger partial charge on any atom is -0.392 e. The Morgan fingerprint density at radius 1 is 1.58 bits per heavy atom. The maximum atomic E-state index is 9.57. The lowest BCUT2D eigenvalue weighted by atomic mass is 10.1. The van der Waals surface area contributed by atoms with Gasteiger partial charge in [-0.25, -0.2) is 4.98 Å². The number of aromatic nitrogens is 1. The third-order valence-corrected chi connectivity index (χ3v) is 3.33. The summed E-state index contributed by atoms with van der Waals surface area (Å²) in [5, 5.41) is 21.6. The lowest BCUT2D eigenvalue weighted by Crippen LogP contribution is -2.39. The SMILES string of the molecule is N#Cc1ccnc(NCCCN2CCCC(O)C2)c1. The van der Waals surface area contributed by atoms with Gasteiger partial charge in [-0.15, -0.1) is 0 Å². The summed E-state index contributed by atoms with van der Waals surface area (Å²) in [7, 11) is 0. The number of hydrogen-bond donors (Lipinski definition) is 2. The molecule has 1 saturated heterocycles. The Morgan fingerprint density at radius 2 is 2.47 bits per heavy atom. The number of aliphatic hydroxyl groups is 1. The summed E-state index contributed by atoms with van der Waals surface area (Å²) in [4.78, 5) is 6.47. The number of pyridine rings is 1. The van der Waals surface area contributed by atoms with E-state index in [2.05, 4.69) is 21.3 Å². The number of nitrogens with one attached hydrogen (secondary N) is 1. The summed E-state index contributed by atoms with van der Waals surface area (Å²) in [5.74, 6) is 0.748. The van der Waals surface area contributed by atoms with Gasteiger partial charge in [0, 0.05) is 19.3 Å². The molecule has 0 bridgehead atoms. The third-order valence-electron chi connectivity index (χ3n) is 3.33. The Morgan fingerprint density at radius 3 is 3.26 bits per heavy atom. The maximum Gasteiger partial charge on any atom is 0.127 e. The van der Waals surface area contributed by atoms with Gasteiger partial charge in [-0.2, -0.15) is 5.26 Å². The van der Waals surface area contributed by atoms with E-state index in [9.17, 15) is 5.11 Å². The fraction of sp³-hybridized carbons (Fsp3) is 0.571. The van der Waals surface area contributed by atoms with E-state index < -0.39 is 0 Å². The second kappa shape index (κ2) is 7.07. The first-order valence-electron chi connectivity index (χ1n) is 6.78. The average Bonchev–Trinajstić information content (AvgIpc) is 2.44. The van der Waals surface area contributed by atoms with E-state index in [0.29, 0.717) is 5.56 Å². The van der Waals surface area contributed by atoms with Crippen molar-refractivity contribution in [1.82, 2.24) is 9.88 Å². The van der Waals surface area contributed by atoms with Crippen molar-refractivity contribution in [2.75, 3.05) is 31.5 Å². The highest BCUT2D eigenvalue weighted by Crippen LogP contribution is 2.10. The van der Waals surface area contributed by atoms with E-state index in [1.807, 2.05) is 0 Å². The van der Waals surface area contributed by atoms with Gasteiger partial charge in [-0.05, 0) is 44.5 Å². The zero-order valence-electron chi connectivity index (χ0n) is 11.0. The molecule has 0 spiro atoms. The van der Waals surface area contributed by atoms with Crippen LogP contribution in [0.1, 0.15) is 24.8 Å². The number of anilines is 1. The summed E-state index contributed by atoms with van der Waals surface area (Å²) in [6.07, 6.45) is 4.50. The summed E-state index contributed by atoms with van der Waals surface area (Å²) in [6, 6.07) is 5.55. The Labute approximate surface area is 113 Å². The number of β-amino-alcohol motifs (C(OH)–C–C–N with tert-alkyl or cyclic N) is 1. The average molecular weight is 260 g/mol. The van der Waals surface area contributed by atoms with Crippen molar-refractivity contribution in [3.63, 3.8) is 0 Å². The molecule has 0 aromatic carbocycles. The third kappa shape index (κ3) is 4.51. The first-order chi connectivity index (χ1) is 9.28. The molecule has 1 atom stereocenters. The van der Waals surface area contributed by atoms with Crippen LogP contribution in [0.15, 0.2) is 18.3 Å². The number of aliphatic hydroxyl groups excluding tert-OH is 1. The van der Waals surface area contributed by atoms with Crippen LogP contribution in [0, 0.1) is 11.3 Å². The van der Waals surface area contributed by atoms with Crippen LogP contribution in [0.3, 0.4) is 0 Å². The van der Waals surface area contributed by atoms with E-state index in [4.69, 9.17) is 5.26 Å². The van der Waals surface area contributed by atoms with Gasteiger partial charge in [0.2, 0.25) is 0 Å². The summed E-state index contributed by atoms with van der Waals surface area (Å²) >= 11 is 0. The van der Waals surface area contributed by atoms with Gasteiger partial charge in [0.15, 0.2) is 0 Å². The van der Waals surface area contributed by atoms with Crippen LogP contribution in [-0.2, 0) is 0 Å². The predicted molar refractivity (Wildman–Crippen MR) is 73.7 cm³/mol. The molecule has 0 amide bonds. The van der Waals surface area contributed by atoms with E-state index in [-0.39, 0.29) is 6.10 Å². The molecule has 1 unspecified atom stereocenters. The second-order valence-corrected chi connectivity index (χ2v) is 4.92. The minimum atomic E-state index is -0.157. The molecule has 1 aromatic heterocycles. The number of likely N-dealkylation sites (tertiary alicyclic amines) is 1. The first kappa shape index (κ1) is 13.8. The van der Waals surface area contributed by atoms with E-state index in [1.165, 1.54) is 0 Å². The highest BCUT2D eigenvalue weighted by Gasteiger charge is 2.16. The molecular weight excluding hydrogens is 240 g/mol. The van der Waals surface area contributed by atoms with Crippen molar-refractivity contribution in [3.05, 3.63) is 23.9 Å². The van der Waals surface area contributed by atoms with Crippen LogP contribution in [-0.4, -0.2) is 47.3 Å². The Kier molecular flexibility index (Phi) is 5.13. The van der Waals surface area contributed by atoms with Crippen molar-refractivity contribution < 1.29 is 5.11 Å². The van der Waals surface area contributed by atoms with Crippen LogP contribution >= 0.6 is 0 Å². The van der Waals surface area contributed by atoms with Gasteiger partial charge in [0.1, 0.15) is 5.82 Å². The van der Waals surface area contributed by atoms with Crippen molar-refractivity contribution in [3.8, 4) is 6.07 Å². The molecule has 2 rings (SSSR count). The molecule has 5 nitrogen and oxygen atoms in total. The number of hydrogen-bond acceptors (Lipinski definition) is 5. The van der Waals surface area contributed by atoms with Crippen LogP contribution in [0.4, 0.5) is 5.82 Å². The summed E-state index contributed by atoms with van der Waals surface area (Å²) in [5.41, 5.74) is 0.622. The van der Waals surface area contributed by atoms with Gasteiger partial charge < -0.3 is 15.3 Å². The predicted octanol–water partition coefficient (Wildman–Crippen LogP) is 1.21. The van der Waals surface area contributed by atoms with Crippen molar-refractivity contribution in [1.29, 1.82) is 5.26 Å². The molecule has 0 saturated carbocycles. The van der Waals surface area contributed by atoms with E-state index in [1.54, 1.807) is 18.3 Å². The topological polar surface area (TPSA) is 72.2 Å². The number of nitrogens with zero attached hydrogens (tertiary/aromatic N) is 3. The van der Waals surface area contributed by atoms with Crippen LogP contribution in [0.5, 0.6) is 0 Å². The highest BCUT2D eigenvalue weighted by molar-refractivity contribution is 5.42. The fourth-order valence-corrected chi connectivity index (χ4v) is 2.35. The molecule has 102 valence electrons. The molecule has 1 aliphatic rings. The molecule has 0 radical (unpaired) electrons. The molecule has 5 heteroatoms. The smallest absolute Gasteiger partial charge is 0.127 e. The van der Waals surface area contributed by atoms with Crippen LogP contribution in [0.25, 0.3) is 0 Å². The summed E-state index contributed by atoms with van der Waals surface area (Å²) < 4.78 is 0. The zero-order valence-corrected chi connectivity index (χ0v) is 11.0. The second-order valence-electron chi connectivity index (χ2n) is 4.92. The molecule has 0 aliphatic carbocycles. The van der Waals surface area contributed by atoms with Gasteiger partial charge in [-0.3, -0.25) is 0 Å².